The molecule has 1 unspecified atom stereocenters. The van der Waals surface area contributed by atoms with Crippen molar-refractivity contribution in [3.05, 3.63) is 0 Å². The Morgan fingerprint density at radius 3 is 2.37 bits per heavy atom. The van der Waals surface area contributed by atoms with Gasteiger partial charge >= 0.3 is 0 Å². The lowest BCUT2D eigenvalue weighted by Gasteiger charge is -2.39. The second-order valence-electron chi connectivity index (χ2n) is 6.09. The van der Waals surface area contributed by atoms with Crippen molar-refractivity contribution in [2.24, 2.45) is 0 Å². The highest BCUT2D eigenvalue weighted by atomic mass is 16.3. The van der Waals surface area contributed by atoms with Gasteiger partial charge in [0, 0.05) is 39.3 Å². The highest BCUT2D eigenvalue weighted by Crippen LogP contribution is 2.10. The Hall–Kier alpha value is -0.650. The molecule has 5 heteroatoms. The monoisotopic (exact) mass is 271 g/mol. The van der Waals surface area contributed by atoms with Gasteiger partial charge in [0.25, 0.3) is 0 Å². The fraction of sp³-hybridized carbons (Fsp3) is 0.929. The number of amides is 1. The maximum absolute atomic E-state index is 11.9. The van der Waals surface area contributed by atoms with Crippen LogP contribution in [0, 0.1) is 0 Å². The third kappa shape index (κ3) is 5.89. The number of carbonyl (C=O) groups excluding carboxylic acids is 1. The van der Waals surface area contributed by atoms with Crippen molar-refractivity contribution in [1.82, 2.24) is 15.1 Å². The van der Waals surface area contributed by atoms with Crippen LogP contribution in [0.4, 0.5) is 0 Å². The van der Waals surface area contributed by atoms with Gasteiger partial charge in [0.05, 0.1) is 11.6 Å². The summed E-state index contributed by atoms with van der Waals surface area (Å²) < 4.78 is 0. The van der Waals surface area contributed by atoms with Crippen molar-refractivity contribution in [3.8, 4) is 0 Å². The molecule has 0 aliphatic carbocycles. The Bertz CT molecular complexity index is 281. The molecule has 0 bridgehead atoms. The van der Waals surface area contributed by atoms with E-state index in [0.717, 1.165) is 39.1 Å². The van der Waals surface area contributed by atoms with E-state index in [9.17, 15) is 9.90 Å². The first-order valence-corrected chi connectivity index (χ1v) is 7.30. The highest BCUT2D eigenvalue weighted by Gasteiger charge is 2.27. The van der Waals surface area contributed by atoms with Crippen molar-refractivity contribution in [2.75, 3.05) is 39.3 Å². The molecule has 5 nitrogen and oxygen atoms in total. The van der Waals surface area contributed by atoms with Crippen LogP contribution in [0.2, 0.25) is 0 Å². The summed E-state index contributed by atoms with van der Waals surface area (Å²) in [5.74, 6) is 0.123. The van der Waals surface area contributed by atoms with Gasteiger partial charge in [-0.3, -0.25) is 14.6 Å². The standard InChI is InChI=1S/C14H29N3O2/c1-5-6-15-13(18)12(2)17-9-7-16(8-10-17)11-14(3,4)19/h12,19H,5-11H2,1-4H3,(H,15,18). The SMILES string of the molecule is CCCNC(=O)C(C)N1CCN(CC(C)(C)O)CC1. The van der Waals surface area contributed by atoms with Gasteiger partial charge in [-0.05, 0) is 27.2 Å². The first-order chi connectivity index (χ1) is 8.83. The van der Waals surface area contributed by atoms with Crippen molar-refractivity contribution in [1.29, 1.82) is 0 Å². The minimum atomic E-state index is -0.647. The van der Waals surface area contributed by atoms with Gasteiger partial charge in [-0.25, -0.2) is 0 Å². The number of piperazine rings is 1. The predicted molar refractivity (Wildman–Crippen MR) is 77.1 cm³/mol. The molecule has 1 rings (SSSR count). The van der Waals surface area contributed by atoms with Gasteiger partial charge in [-0.1, -0.05) is 6.92 Å². The lowest BCUT2D eigenvalue weighted by molar-refractivity contribution is -0.126. The van der Waals surface area contributed by atoms with E-state index in [1.807, 2.05) is 20.8 Å². The van der Waals surface area contributed by atoms with Gasteiger partial charge in [0.2, 0.25) is 5.91 Å². The lowest BCUT2D eigenvalue weighted by atomic mass is 10.1. The zero-order chi connectivity index (χ0) is 14.5. The molecule has 0 aromatic heterocycles. The summed E-state index contributed by atoms with van der Waals surface area (Å²) in [4.78, 5) is 16.4. The van der Waals surface area contributed by atoms with E-state index < -0.39 is 5.60 Å². The molecule has 19 heavy (non-hydrogen) atoms. The first-order valence-electron chi connectivity index (χ1n) is 7.30. The molecular weight excluding hydrogens is 242 g/mol. The molecule has 0 saturated carbocycles. The van der Waals surface area contributed by atoms with Crippen molar-refractivity contribution in [3.63, 3.8) is 0 Å². The zero-order valence-corrected chi connectivity index (χ0v) is 12.8. The summed E-state index contributed by atoms with van der Waals surface area (Å²) in [5.41, 5.74) is -0.647. The summed E-state index contributed by atoms with van der Waals surface area (Å²) in [6, 6.07) is -0.0594. The molecule has 1 heterocycles. The maximum atomic E-state index is 11.9. The van der Waals surface area contributed by atoms with Crippen molar-refractivity contribution < 1.29 is 9.90 Å². The molecule has 1 aliphatic rings. The number of nitrogens with one attached hydrogen (secondary N) is 1. The molecule has 0 aromatic rings. The molecule has 2 N–H and O–H groups in total. The summed E-state index contributed by atoms with van der Waals surface area (Å²) in [5, 5.41) is 12.8. The molecule has 0 aromatic carbocycles. The fourth-order valence-electron chi connectivity index (χ4n) is 2.42. The average molecular weight is 271 g/mol. The fourth-order valence-corrected chi connectivity index (χ4v) is 2.42. The predicted octanol–water partition coefficient (Wildman–Crippen LogP) is 0.290. The summed E-state index contributed by atoms with van der Waals surface area (Å²) >= 11 is 0. The maximum Gasteiger partial charge on any atom is 0.237 e. The third-order valence-corrected chi connectivity index (χ3v) is 3.49. The Kier molecular flexibility index (Phi) is 6.23. The minimum Gasteiger partial charge on any atom is -0.389 e. The molecule has 1 fully saturated rings. The van der Waals surface area contributed by atoms with E-state index in [0.29, 0.717) is 6.54 Å². The summed E-state index contributed by atoms with van der Waals surface area (Å²) in [6.45, 7) is 12.7. The topological polar surface area (TPSA) is 55.8 Å². The van der Waals surface area contributed by atoms with Gasteiger partial charge in [0.15, 0.2) is 0 Å². The Morgan fingerprint density at radius 2 is 1.89 bits per heavy atom. The minimum absolute atomic E-state index is 0.0594. The van der Waals surface area contributed by atoms with E-state index in [1.54, 1.807) is 0 Å². The molecule has 1 aliphatic heterocycles. The van der Waals surface area contributed by atoms with Crippen LogP contribution < -0.4 is 5.32 Å². The molecule has 1 amide bonds. The van der Waals surface area contributed by atoms with Crippen LogP contribution in [0.25, 0.3) is 0 Å². The van der Waals surface area contributed by atoms with Crippen molar-refractivity contribution in [2.45, 2.75) is 45.8 Å². The van der Waals surface area contributed by atoms with Crippen LogP contribution in [0.1, 0.15) is 34.1 Å². The number of hydrogen-bond acceptors (Lipinski definition) is 4. The normalized spacial score (nSPS) is 20.3. The number of carbonyl (C=O) groups is 1. The van der Waals surface area contributed by atoms with Crippen LogP contribution in [0.15, 0.2) is 0 Å². The largest absolute Gasteiger partial charge is 0.389 e. The van der Waals surface area contributed by atoms with Crippen LogP contribution in [-0.2, 0) is 4.79 Å². The van der Waals surface area contributed by atoms with Gasteiger partial charge in [-0.15, -0.1) is 0 Å². The number of β-amino-alcohol motifs (C(OH)–C–C–N with tert-alkyl or cyclic N) is 1. The molecule has 1 atom stereocenters. The quantitative estimate of drug-likeness (QED) is 0.729. The average Bonchev–Trinajstić information content (AvgIpc) is 2.34. The molecule has 1 saturated heterocycles. The third-order valence-electron chi connectivity index (χ3n) is 3.49. The summed E-state index contributed by atoms with van der Waals surface area (Å²) in [7, 11) is 0. The highest BCUT2D eigenvalue weighted by molar-refractivity contribution is 5.81. The van der Waals surface area contributed by atoms with Crippen LogP contribution in [-0.4, -0.2) is 71.7 Å². The van der Waals surface area contributed by atoms with Gasteiger partial charge < -0.3 is 10.4 Å². The van der Waals surface area contributed by atoms with Gasteiger partial charge in [-0.2, -0.15) is 0 Å². The second-order valence-corrected chi connectivity index (χ2v) is 6.09. The van der Waals surface area contributed by atoms with Gasteiger partial charge in [0.1, 0.15) is 0 Å². The number of nitrogens with zero attached hydrogens (tertiary/aromatic N) is 2. The number of hydrogen-bond donors (Lipinski definition) is 2. The van der Waals surface area contributed by atoms with Crippen LogP contribution >= 0.6 is 0 Å². The Balaban J connectivity index is 2.34. The Labute approximate surface area is 117 Å². The van der Waals surface area contributed by atoms with Crippen LogP contribution in [0.5, 0.6) is 0 Å². The molecule has 0 radical (unpaired) electrons. The van der Waals surface area contributed by atoms with E-state index in [1.165, 1.54) is 0 Å². The molecular formula is C14H29N3O2. The second kappa shape index (κ2) is 7.22. The van der Waals surface area contributed by atoms with E-state index in [-0.39, 0.29) is 11.9 Å². The first kappa shape index (κ1) is 16.4. The molecule has 0 spiro atoms. The molecule has 112 valence electrons. The van der Waals surface area contributed by atoms with E-state index >= 15 is 0 Å². The summed E-state index contributed by atoms with van der Waals surface area (Å²) in [6.07, 6.45) is 0.970. The number of aliphatic hydroxyl groups is 1. The lowest BCUT2D eigenvalue weighted by Crippen LogP contribution is -2.55. The van der Waals surface area contributed by atoms with Crippen molar-refractivity contribution >= 4 is 5.91 Å². The Morgan fingerprint density at radius 1 is 1.32 bits per heavy atom. The van der Waals surface area contributed by atoms with E-state index in [2.05, 4.69) is 22.0 Å². The smallest absolute Gasteiger partial charge is 0.237 e. The van der Waals surface area contributed by atoms with E-state index in [4.69, 9.17) is 0 Å². The number of rotatable bonds is 6. The zero-order valence-electron chi connectivity index (χ0n) is 12.8. The van der Waals surface area contributed by atoms with Crippen LogP contribution in [0.3, 0.4) is 0 Å².